The number of oxazole rings is 1. The number of rotatable bonds is 5. The van der Waals surface area contributed by atoms with Gasteiger partial charge in [-0.15, -0.1) is 0 Å². The predicted octanol–water partition coefficient (Wildman–Crippen LogP) is 3.94. The van der Waals surface area contributed by atoms with Crippen LogP contribution in [0.15, 0.2) is 28.8 Å². The van der Waals surface area contributed by atoms with E-state index in [1.807, 2.05) is 0 Å². The maximum absolute atomic E-state index is 13.6. The lowest BCUT2D eigenvalue weighted by Crippen LogP contribution is -2.36. The highest BCUT2D eigenvalue weighted by Crippen LogP contribution is 2.24. The summed E-state index contributed by atoms with van der Waals surface area (Å²) in [6, 6.07) is 3.40. The van der Waals surface area contributed by atoms with Crippen LogP contribution in [0, 0.1) is 11.6 Å². The van der Waals surface area contributed by atoms with Crippen LogP contribution in [0.5, 0.6) is 0 Å². The lowest BCUT2D eigenvalue weighted by atomic mass is 10.1. The highest BCUT2D eigenvalue weighted by atomic mass is 19.1. The van der Waals surface area contributed by atoms with Gasteiger partial charge in [-0.2, -0.15) is 0 Å². The normalized spacial score (nSPS) is 11.9. The Balaban J connectivity index is 1.95. The van der Waals surface area contributed by atoms with Crippen molar-refractivity contribution in [1.29, 1.82) is 0 Å². The first-order chi connectivity index (χ1) is 9.85. The Bertz CT molecular complexity index is 603. The van der Waals surface area contributed by atoms with E-state index in [1.165, 1.54) is 18.3 Å². The number of aryl methyl sites for hydroxylation is 1. The summed E-state index contributed by atoms with van der Waals surface area (Å²) < 4.78 is 32.0. The highest BCUT2D eigenvalue weighted by molar-refractivity contribution is 5.57. The van der Waals surface area contributed by atoms with E-state index in [4.69, 9.17) is 4.42 Å². The van der Waals surface area contributed by atoms with Gasteiger partial charge in [0.05, 0.1) is 11.8 Å². The van der Waals surface area contributed by atoms with E-state index in [0.29, 0.717) is 18.1 Å². The molecular formula is C16H20F2N2O. The highest BCUT2D eigenvalue weighted by Gasteiger charge is 2.12. The third-order valence-electron chi connectivity index (χ3n) is 2.97. The van der Waals surface area contributed by atoms with Gasteiger partial charge in [0.25, 0.3) is 0 Å². The Morgan fingerprint density at radius 3 is 2.67 bits per heavy atom. The van der Waals surface area contributed by atoms with Crippen LogP contribution in [0.3, 0.4) is 0 Å². The molecule has 2 aromatic rings. The van der Waals surface area contributed by atoms with Crippen molar-refractivity contribution in [3.63, 3.8) is 0 Å². The van der Waals surface area contributed by atoms with Crippen LogP contribution in [0.4, 0.5) is 8.78 Å². The molecule has 0 saturated heterocycles. The van der Waals surface area contributed by atoms with Gasteiger partial charge < -0.3 is 9.73 Å². The summed E-state index contributed by atoms with van der Waals surface area (Å²) in [5.41, 5.74) is 0.307. The van der Waals surface area contributed by atoms with Crippen molar-refractivity contribution in [2.45, 2.75) is 39.2 Å². The quantitative estimate of drug-likeness (QED) is 0.849. The fourth-order valence-corrected chi connectivity index (χ4v) is 1.94. The van der Waals surface area contributed by atoms with Crippen molar-refractivity contribution in [1.82, 2.24) is 10.3 Å². The predicted molar refractivity (Wildman–Crippen MR) is 77.9 cm³/mol. The van der Waals surface area contributed by atoms with Crippen LogP contribution >= 0.6 is 0 Å². The first-order valence-corrected chi connectivity index (χ1v) is 7.00. The van der Waals surface area contributed by atoms with E-state index in [-0.39, 0.29) is 11.1 Å². The second kappa shape index (κ2) is 6.35. The molecule has 0 amide bonds. The van der Waals surface area contributed by atoms with Gasteiger partial charge in [0.15, 0.2) is 11.7 Å². The molecule has 0 radical (unpaired) electrons. The number of hydrogen-bond donors (Lipinski definition) is 1. The zero-order valence-corrected chi connectivity index (χ0v) is 12.5. The van der Waals surface area contributed by atoms with Crippen LogP contribution in [0.25, 0.3) is 11.3 Å². The Kier molecular flexibility index (Phi) is 4.73. The molecular weight excluding hydrogens is 274 g/mol. The molecule has 0 aliphatic heterocycles. The Morgan fingerprint density at radius 2 is 2.00 bits per heavy atom. The Morgan fingerprint density at radius 1 is 1.24 bits per heavy atom. The summed E-state index contributed by atoms with van der Waals surface area (Å²) in [6.45, 7) is 7.17. The fraction of sp³-hybridized carbons (Fsp3) is 0.438. The largest absolute Gasteiger partial charge is 0.441 e. The molecule has 0 spiro atoms. The Labute approximate surface area is 123 Å². The molecule has 0 bridgehead atoms. The molecule has 0 fully saturated rings. The molecule has 0 atom stereocenters. The summed E-state index contributed by atoms with van der Waals surface area (Å²) in [5, 5.41) is 3.37. The Hall–Kier alpha value is -1.75. The molecule has 2 rings (SSSR count). The van der Waals surface area contributed by atoms with E-state index < -0.39 is 11.6 Å². The zero-order valence-electron chi connectivity index (χ0n) is 12.5. The number of nitrogens with one attached hydrogen (secondary N) is 1. The van der Waals surface area contributed by atoms with Crippen LogP contribution in [-0.2, 0) is 6.42 Å². The molecule has 1 heterocycles. The van der Waals surface area contributed by atoms with Crippen LogP contribution in [0.1, 0.15) is 33.1 Å². The van der Waals surface area contributed by atoms with Gasteiger partial charge in [-0.25, -0.2) is 13.8 Å². The third-order valence-corrected chi connectivity index (χ3v) is 2.97. The number of benzene rings is 1. The number of hydrogen-bond acceptors (Lipinski definition) is 3. The van der Waals surface area contributed by atoms with E-state index in [1.54, 1.807) is 0 Å². The minimum Gasteiger partial charge on any atom is -0.441 e. The van der Waals surface area contributed by atoms with Gasteiger partial charge in [0.2, 0.25) is 0 Å². The molecule has 0 aliphatic rings. The van der Waals surface area contributed by atoms with Gasteiger partial charge in [-0.05, 0) is 45.9 Å². The van der Waals surface area contributed by atoms with Gasteiger partial charge in [0.1, 0.15) is 11.6 Å². The van der Waals surface area contributed by atoms with Crippen LogP contribution in [-0.4, -0.2) is 17.1 Å². The molecule has 21 heavy (non-hydrogen) atoms. The summed E-state index contributed by atoms with van der Waals surface area (Å²) >= 11 is 0. The lowest BCUT2D eigenvalue weighted by Gasteiger charge is -2.20. The first-order valence-electron chi connectivity index (χ1n) is 7.00. The molecule has 1 aromatic heterocycles. The minimum atomic E-state index is -0.646. The summed E-state index contributed by atoms with van der Waals surface area (Å²) in [5.74, 6) is -0.368. The fourth-order valence-electron chi connectivity index (χ4n) is 1.94. The van der Waals surface area contributed by atoms with Gasteiger partial charge in [-0.3, -0.25) is 0 Å². The van der Waals surface area contributed by atoms with Crippen molar-refractivity contribution in [2.24, 2.45) is 0 Å². The summed E-state index contributed by atoms with van der Waals surface area (Å²) in [4.78, 5) is 4.14. The van der Waals surface area contributed by atoms with Crippen LogP contribution < -0.4 is 5.32 Å². The summed E-state index contributed by atoms with van der Waals surface area (Å²) in [7, 11) is 0. The van der Waals surface area contributed by atoms with Crippen molar-refractivity contribution in [3.8, 4) is 11.3 Å². The second-order valence-corrected chi connectivity index (χ2v) is 6.02. The molecule has 0 unspecified atom stereocenters. The van der Waals surface area contributed by atoms with Gasteiger partial charge in [0, 0.05) is 18.0 Å². The topological polar surface area (TPSA) is 38.1 Å². The zero-order chi connectivity index (χ0) is 15.5. The molecule has 0 aliphatic carbocycles. The molecule has 1 aromatic carbocycles. The second-order valence-electron chi connectivity index (χ2n) is 6.02. The van der Waals surface area contributed by atoms with Gasteiger partial charge >= 0.3 is 0 Å². The summed E-state index contributed by atoms with van der Waals surface area (Å²) in [6.07, 6.45) is 3.03. The number of halogens is 2. The molecule has 3 nitrogen and oxygen atoms in total. The van der Waals surface area contributed by atoms with E-state index in [9.17, 15) is 8.78 Å². The monoisotopic (exact) mass is 294 g/mol. The maximum Gasteiger partial charge on any atom is 0.194 e. The van der Waals surface area contributed by atoms with Crippen molar-refractivity contribution >= 4 is 0 Å². The standard InChI is InChI=1S/C16H20F2N2O/c1-16(2,3)20-8-4-5-15-19-10-14(21-15)12-7-6-11(17)9-13(12)18/h6-7,9-10,20H,4-5,8H2,1-3H3. The van der Waals surface area contributed by atoms with E-state index in [2.05, 4.69) is 31.1 Å². The van der Waals surface area contributed by atoms with Crippen molar-refractivity contribution in [2.75, 3.05) is 6.54 Å². The van der Waals surface area contributed by atoms with Crippen molar-refractivity contribution < 1.29 is 13.2 Å². The smallest absolute Gasteiger partial charge is 0.194 e. The lowest BCUT2D eigenvalue weighted by molar-refractivity contribution is 0.412. The van der Waals surface area contributed by atoms with Crippen molar-refractivity contribution in [3.05, 3.63) is 41.9 Å². The molecule has 114 valence electrons. The first kappa shape index (κ1) is 15.6. The van der Waals surface area contributed by atoms with E-state index in [0.717, 1.165) is 19.0 Å². The minimum absolute atomic E-state index is 0.0823. The molecule has 1 N–H and O–H groups in total. The average Bonchev–Trinajstić information content (AvgIpc) is 2.82. The van der Waals surface area contributed by atoms with E-state index >= 15 is 0 Å². The average molecular weight is 294 g/mol. The number of nitrogens with zero attached hydrogens (tertiary/aromatic N) is 1. The molecule has 5 heteroatoms. The molecule has 0 saturated carbocycles. The van der Waals surface area contributed by atoms with Gasteiger partial charge in [-0.1, -0.05) is 0 Å². The number of aromatic nitrogens is 1. The van der Waals surface area contributed by atoms with Crippen LogP contribution in [0.2, 0.25) is 0 Å². The third kappa shape index (κ3) is 4.63. The maximum atomic E-state index is 13.6. The SMILES string of the molecule is CC(C)(C)NCCCc1ncc(-c2ccc(F)cc2F)o1.